The molecule has 3 fully saturated rings. The molecule has 226 valence electrons. The summed E-state index contributed by atoms with van der Waals surface area (Å²) in [6.45, 7) is 6.42. The van der Waals surface area contributed by atoms with Gasteiger partial charge in [0.05, 0.1) is 28.0 Å². The Bertz CT molecular complexity index is 1870. The van der Waals surface area contributed by atoms with Crippen molar-refractivity contribution in [2.75, 3.05) is 30.3 Å². The Balaban J connectivity index is 1.52. The third-order valence-electron chi connectivity index (χ3n) is 8.52. The van der Waals surface area contributed by atoms with Crippen molar-refractivity contribution in [3.8, 4) is 22.7 Å². The predicted octanol–water partition coefficient (Wildman–Crippen LogP) is 3.78. The van der Waals surface area contributed by atoms with E-state index in [1.165, 1.54) is 28.8 Å². The minimum absolute atomic E-state index is 0.0213. The Kier molecular flexibility index (Phi) is 6.56. The normalized spacial score (nSPS) is 18.6. The number of aromatic nitrogens is 5. The summed E-state index contributed by atoms with van der Waals surface area (Å²) in [7, 11) is 0. The van der Waals surface area contributed by atoms with E-state index in [4.69, 9.17) is 5.73 Å². The van der Waals surface area contributed by atoms with E-state index in [2.05, 4.69) is 26.5 Å². The van der Waals surface area contributed by atoms with Crippen LogP contribution in [0.3, 0.4) is 0 Å². The first-order chi connectivity index (χ1) is 21.2. The number of pyridine rings is 1. The van der Waals surface area contributed by atoms with Crippen LogP contribution in [0.25, 0.3) is 28.0 Å². The molecule has 4 heterocycles. The SMILES string of the molecule is C=CC(=O)N1CCN(c2nc(=O)n(-c3c(C4CC4)nc(N)nc3C3CC3)c3nc(-c4c(O)cccc4F)c(F)cc23)[C@@H](C)C1. The van der Waals surface area contributed by atoms with Gasteiger partial charge in [0.15, 0.2) is 11.5 Å². The molecule has 4 aromatic rings. The first kappa shape index (κ1) is 27.9. The average molecular weight is 601 g/mol. The van der Waals surface area contributed by atoms with Crippen molar-refractivity contribution in [2.45, 2.75) is 50.5 Å². The zero-order valence-corrected chi connectivity index (χ0v) is 24.0. The monoisotopic (exact) mass is 600 g/mol. The molecule has 3 aromatic heterocycles. The molecular weight excluding hydrogens is 570 g/mol. The highest BCUT2D eigenvalue weighted by Crippen LogP contribution is 2.48. The second kappa shape index (κ2) is 10.4. The van der Waals surface area contributed by atoms with Gasteiger partial charge in [-0.3, -0.25) is 4.79 Å². The number of halogens is 2. The lowest BCUT2D eigenvalue weighted by atomic mass is 10.1. The van der Waals surface area contributed by atoms with Crippen LogP contribution >= 0.6 is 0 Å². The molecule has 44 heavy (non-hydrogen) atoms. The first-order valence-corrected chi connectivity index (χ1v) is 14.6. The van der Waals surface area contributed by atoms with Crippen LogP contribution < -0.4 is 16.3 Å². The summed E-state index contributed by atoms with van der Waals surface area (Å²) in [5.74, 6) is -2.08. The Labute approximate surface area is 250 Å². The molecule has 2 aliphatic carbocycles. The number of aromatic hydroxyl groups is 1. The van der Waals surface area contributed by atoms with Crippen LogP contribution in [0, 0.1) is 11.6 Å². The molecule has 1 saturated heterocycles. The number of phenolic OH excluding ortho intramolecular Hbond substituents is 1. The minimum Gasteiger partial charge on any atom is -0.507 e. The molecule has 1 atom stereocenters. The maximum absolute atomic E-state index is 16.0. The molecule has 13 heteroatoms. The van der Waals surface area contributed by atoms with E-state index in [9.17, 15) is 14.7 Å². The summed E-state index contributed by atoms with van der Waals surface area (Å²) in [5, 5.41) is 10.7. The highest BCUT2D eigenvalue weighted by Gasteiger charge is 2.38. The molecule has 7 rings (SSSR count). The summed E-state index contributed by atoms with van der Waals surface area (Å²) in [5.41, 5.74) is 6.20. The Hall–Kier alpha value is -4.94. The highest BCUT2D eigenvalue weighted by molar-refractivity contribution is 5.91. The van der Waals surface area contributed by atoms with Crippen molar-refractivity contribution in [3.05, 3.63) is 70.4 Å². The number of nitrogen functional groups attached to an aromatic ring is 1. The van der Waals surface area contributed by atoms with Gasteiger partial charge in [-0.05, 0) is 56.9 Å². The number of benzene rings is 1. The lowest BCUT2D eigenvalue weighted by Gasteiger charge is -2.40. The van der Waals surface area contributed by atoms with Gasteiger partial charge in [-0.15, -0.1) is 0 Å². The van der Waals surface area contributed by atoms with E-state index in [0.29, 0.717) is 36.7 Å². The van der Waals surface area contributed by atoms with Crippen LogP contribution in [-0.2, 0) is 4.79 Å². The van der Waals surface area contributed by atoms with E-state index in [1.54, 1.807) is 4.90 Å². The number of amides is 1. The van der Waals surface area contributed by atoms with Gasteiger partial charge < -0.3 is 20.6 Å². The van der Waals surface area contributed by atoms with Crippen LogP contribution in [0.5, 0.6) is 5.75 Å². The van der Waals surface area contributed by atoms with E-state index in [0.717, 1.165) is 31.7 Å². The van der Waals surface area contributed by atoms with Gasteiger partial charge in [0.2, 0.25) is 11.9 Å². The molecule has 0 bridgehead atoms. The first-order valence-electron chi connectivity index (χ1n) is 14.6. The van der Waals surface area contributed by atoms with E-state index < -0.39 is 34.3 Å². The number of nitrogens with two attached hydrogens (primary N) is 1. The number of hydrogen-bond donors (Lipinski definition) is 2. The van der Waals surface area contributed by atoms with E-state index >= 15 is 8.78 Å². The second-order valence-electron chi connectivity index (χ2n) is 11.7. The number of anilines is 2. The van der Waals surface area contributed by atoms with Crippen molar-refractivity contribution in [3.63, 3.8) is 0 Å². The average Bonchev–Trinajstić information content (AvgIpc) is 3.91. The van der Waals surface area contributed by atoms with Gasteiger partial charge in [0, 0.05) is 37.5 Å². The number of piperazine rings is 1. The summed E-state index contributed by atoms with van der Waals surface area (Å²) >= 11 is 0. The molecule has 3 N–H and O–H groups in total. The molecule has 11 nitrogen and oxygen atoms in total. The van der Waals surface area contributed by atoms with Gasteiger partial charge in [-0.1, -0.05) is 12.6 Å². The summed E-state index contributed by atoms with van der Waals surface area (Å²) in [6, 6.07) is 4.52. The summed E-state index contributed by atoms with van der Waals surface area (Å²) in [6.07, 6.45) is 4.67. The Morgan fingerprint density at radius 1 is 1.05 bits per heavy atom. The second-order valence-corrected chi connectivity index (χ2v) is 11.7. The Morgan fingerprint density at radius 3 is 2.32 bits per heavy atom. The maximum atomic E-state index is 16.0. The van der Waals surface area contributed by atoms with Crippen molar-refractivity contribution >= 4 is 28.7 Å². The number of carbonyl (C=O) groups excluding carboxylic acids is 1. The van der Waals surface area contributed by atoms with E-state index in [1.807, 2.05) is 11.8 Å². The fourth-order valence-electron chi connectivity index (χ4n) is 6.07. The molecule has 3 aliphatic rings. The van der Waals surface area contributed by atoms with Gasteiger partial charge in [0.25, 0.3) is 0 Å². The van der Waals surface area contributed by atoms with Crippen LogP contribution in [0.4, 0.5) is 20.5 Å². The molecule has 1 aromatic carbocycles. The molecule has 1 amide bonds. The smallest absolute Gasteiger partial charge is 0.355 e. The standard InChI is InChI=1S/C31H30F2N8O3/c1-3-22(43)39-11-12-40(15(2)14-39)28-18-13-20(33)26(23-19(32)5-4-6-21(23)42)35-29(18)41(31(44)38-28)27-24(16-7-8-16)36-30(34)37-25(27)17-9-10-17/h3-6,13,15-17,42H,1,7-12,14H2,2H3,(H2,34,36,37)/t15-/m0/s1. The zero-order chi connectivity index (χ0) is 30.9. The predicted molar refractivity (Wildman–Crippen MR) is 160 cm³/mol. The number of nitrogens with zero attached hydrogens (tertiary/aromatic N) is 7. The molecule has 2 saturated carbocycles. The van der Waals surface area contributed by atoms with Gasteiger partial charge >= 0.3 is 5.69 Å². The Morgan fingerprint density at radius 2 is 1.73 bits per heavy atom. The number of carbonyl (C=O) groups is 1. The number of fused-ring (bicyclic) bond motifs is 1. The number of rotatable bonds is 6. The van der Waals surface area contributed by atoms with Gasteiger partial charge in [-0.25, -0.2) is 33.1 Å². The van der Waals surface area contributed by atoms with Crippen LogP contribution in [0.1, 0.15) is 55.8 Å². The fourth-order valence-corrected chi connectivity index (χ4v) is 6.07. The minimum atomic E-state index is -0.905. The lowest BCUT2D eigenvalue weighted by molar-refractivity contribution is -0.126. The molecular formula is C31H30F2N8O3. The van der Waals surface area contributed by atoms with Gasteiger partial charge in [-0.2, -0.15) is 4.98 Å². The molecule has 0 radical (unpaired) electrons. The van der Waals surface area contributed by atoms with Crippen molar-refractivity contribution in [1.29, 1.82) is 0 Å². The van der Waals surface area contributed by atoms with Crippen LogP contribution in [-0.4, -0.2) is 66.1 Å². The molecule has 1 aliphatic heterocycles. The highest BCUT2D eigenvalue weighted by atomic mass is 19.1. The van der Waals surface area contributed by atoms with Gasteiger partial charge in [0.1, 0.15) is 23.1 Å². The van der Waals surface area contributed by atoms with Crippen LogP contribution in [0.15, 0.2) is 41.7 Å². The zero-order valence-electron chi connectivity index (χ0n) is 24.0. The topological polar surface area (TPSA) is 143 Å². The van der Waals surface area contributed by atoms with E-state index in [-0.39, 0.29) is 46.6 Å². The lowest BCUT2D eigenvalue weighted by Crippen LogP contribution is -2.54. The molecule has 0 spiro atoms. The molecule has 0 unspecified atom stereocenters. The third-order valence-corrected chi connectivity index (χ3v) is 8.52. The van der Waals surface area contributed by atoms with Crippen molar-refractivity contribution < 1.29 is 18.7 Å². The largest absolute Gasteiger partial charge is 0.507 e. The third kappa shape index (κ3) is 4.63. The van der Waals surface area contributed by atoms with Crippen molar-refractivity contribution in [1.82, 2.24) is 29.4 Å². The summed E-state index contributed by atoms with van der Waals surface area (Å²) < 4.78 is 32.3. The maximum Gasteiger partial charge on any atom is 0.355 e. The summed E-state index contributed by atoms with van der Waals surface area (Å²) in [4.78, 5) is 48.1. The number of hydrogen-bond acceptors (Lipinski definition) is 9. The quantitative estimate of drug-likeness (QED) is 0.316. The van der Waals surface area contributed by atoms with Crippen LogP contribution in [0.2, 0.25) is 0 Å². The fraction of sp³-hybridized carbons (Fsp3) is 0.355. The van der Waals surface area contributed by atoms with Crippen molar-refractivity contribution in [2.24, 2.45) is 0 Å². The number of phenols is 1.